The lowest BCUT2D eigenvalue weighted by atomic mass is 10.1. The van der Waals surface area contributed by atoms with Gasteiger partial charge in [0.15, 0.2) is 0 Å². The number of hydrogen-bond donors (Lipinski definition) is 0. The van der Waals surface area contributed by atoms with Crippen LogP contribution in [0.25, 0.3) is 0 Å². The van der Waals surface area contributed by atoms with E-state index in [1.54, 1.807) is 0 Å². The van der Waals surface area contributed by atoms with E-state index < -0.39 is 44.2 Å². The van der Waals surface area contributed by atoms with Gasteiger partial charge in [-0.3, -0.25) is 4.79 Å². The van der Waals surface area contributed by atoms with Crippen molar-refractivity contribution in [1.29, 1.82) is 0 Å². The van der Waals surface area contributed by atoms with Crippen LogP contribution in [0.15, 0.2) is 17.0 Å². The van der Waals surface area contributed by atoms with Gasteiger partial charge in [0.25, 0.3) is 21.4 Å². The summed E-state index contributed by atoms with van der Waals surface area (Å²) in [4.78, 5) is 12.0. The first kappa shape index (κ1) is 16.8. The van der Waals surface area contributed by atoms with E-state index in [1.807, 2.05) is 0 Å². The van der Waals surface area contributed by atoms with Gasteiger partial charge in [0.1, 0.15) is 5.82 Å². The highest BCUT2D eigenvalue weighted by Gasteiger charge is 2.23. The van der Waals surface area contributed by atoms with Crippen LogP contribution in [-0.4, -0.2) is 39.2 Å². The van der Waals surface area contributed by atoms with E-state index in [4.69, 9.17) is 10.7 Å². The summed E-state index contributed by atoms with van der Waals surface area (Å²) in [7, 11) is 2.03. The first-order chi connectivity index (χ1) is 9.04. The van der Waals surface area contributed by atoms with Crippen LogP contribution in [0.3, 0.4) is 0 Å². The highest BCUT2D eigenvalue weighted by molar-refractivity contribution is 8.13. The number of carbonyl (C=O) groups is 1. The second-order valence-corrected chi connectivity index (χ2v) is 6.68. The summed E-state index contributed by atoms with van der Waals surface area (Å²) in [6.07, 6.45) is -2.78. The molecule has 1 aromatic carbocycles. The van der Waals surface area contributed by atoms with Gasteiger partial charge in [-0.15, -0.1) is 0 Å². The molecule has 0 radical (unpaired) electrons. The van der Waals surface area contributed by atoms with Crippen LogP contribution in [0.4, 0.5) is 13.2 Å². The van der Waals surface area contributed by atoms with Gasteiger partial charge in [0.05, 0.1) is 17.0 Å². The third-order valence-electron chi connectivity index (χ3n) is 2.50. The van der Waals surface area contributed by atoms with E-state index in [0.717, 1.165) is 19.2 Å². The number of carbonyl (C=O) groups excluding carboxylic acids is 1. The Bertz CT molecular complexity index is 634. The number of rotatable bonds is 4. The molecule has 0 fully saturated rings. The van der Waals surface area contributed by atoms with Crippen LogP contribution in [-0.2, 0) is 9.05 Å². The molecule has 0 aromatic heterocycles. The van der Waals surface area contributed by atoms with Crippen LogP contribution >= 0.6 is 10.7 Å². The Morgan fingerprint density at radius 1 is 1.40 bits per heavy atom. The SMILES string of the molecule is Cc1cc(S(=O)(=O)Cl)cc(C(=O)N(C)CC(F)F)c1F. The van der Waals surface area contributed by atoms with Crippen LogP contribution in [0.5, 0.6) is 0 Å². The molecule has 0 bridgehead atoms. The first-order valence-corrected chi connectivity index (χ1v) is 7.63. The Morgan fingerprint density at radius 3 is 2.40 bits per heavy atom. The van der Waals surface area contributed by atoms with E-state index in [-0.39, 0.29) is 5.56 Å². The number of aryl methyl sites for hydroxylation is 1. The molecule has 0 aliphatic heterocycles. The van der Waals surface area contributed by atoms with Crippen LogP contribution in [0, 0.1) is 12.7 Å². The van der Waals surface area contributed by atoms with E-state index >= 15 is 0 Å². The van der Waals surface area contributed by atoms with Crippen LogP contribution in [0.2, 0.25) is 0 Å². The molecule has 0 atom stereocenters. The lowest BCUT2D eigenvalue weighted by molar-refractivity contribution is 0.0616. The smallest absolute Gasteiger partial charge is 0.261 e. The molecule has 0 N–H and O–H groups in total. The number of amides is 1. The second-order valence-electron chi connectivity index (χ2n) is 4.12. The zero-order valence-corrected chi connectivity index (χ0v) is 12.1. The highest BCUT2D eigenvalue weighted by Crippen LogP contribution is 2.23. The van der Waals surface area contributed by atoms with Gasteiger partial charge in [0, 0.05) is 17.7 Å². The Kier molecular flexibility index (Phi) is 5.04. The van der Waals surface area contributed by atoms with Crippen molar-refractivity contribution in [3.63, 3.8) is 0 Å². The predicted octanol–water partition coefficient (Wildman–Crippen LogP) is 2.40. The van der Waals surface area contributed by atoms with E-state index in [2.05, 4.69) is 0 Å². The summed E-state index contributed by atoms with van der Waals surface area (Å²) in [5.74, 6) is -2.02. The normalized spacial score (nSPS) is 11.8. The van der Waals surface area contributed by atoms with Crippen molar-refractivity contribution in [2.75, 3.05) is 13.6 Å². The molecule has 1 amide bonds. The van der Waals surface area contributed by atoms with E-state index in [0.29, 0.717) is 4.90 Å². The van der Waals surface area contributed by atoms with Crippen molar-refractivity contribution in [3.8, 4) is 0 Å². The maximum atomic E-state index is 13.8. The quantitative estimate of drug-likeness (QED) is 0.797. The Hall–Kier alpha value is -1.28. The van der Waals surface area contributed by atoms with Crippen molar-refractivity contribution in [2.24, 2.45) is 0 Å². The van der Waals surface area contributed by atoms with Crippen molar-refractivity contribution in [3.05, 3.63) is 29.1 Å². The molecule has 0 unspecified atom stereocenters. The average molecular weight is 330 g/mol. The predicted molar refractivity (Wildman–Crippen MR) is 67.1 cm³/mol. The Balaban J connectivity index is 3.31. The molecular weight excluding hydrogens is 319 g/mol. The van der Waals surface area contributed by atoms with Crippen LogP contribution in [0.1, 0.15) is 15.9 Å². The summed E-state index contributed by atoms with van der Waals surface area (Å²) in [5, 5.41) is 0. The molecule has 1 rings (SSSR count). The third-order valence-corrected chi connectivity index (χ3v) is 3.83. The van der Waals surface area contributed by atoms with Gasteiger partial charge in [-0.25, -0.2) is 21.6 Å². The van der Waals surface area contributed by atoms with Gasteiger partial charge >= 0.3 is 0 Å². The number of alkyl halides is 2. The van der Waals surface area contributed by atoms with Gasteiger partial charge in [-0.2, -0.15) is 0 Å². The maximum Gasteiger partial charge on any atom is 0.261 e. The van der Waals surface area contributed by atoms with Crippen molar-refractivity contribution in [2.45, 2.75) is 18.2 Å². The molecule has 0 aliphatic carbocycles. The first-order valence-electron chi connectivity index (χ1n) is 5.32. The Labute approximate surface area is 118 Å². The van der Waals surface area contributed by atoms with Gasteiger partial charge in [0.2, 0.25) is 0 Å². The minimum absolute atomic E-state index is 0.125. The minimum atomic E-state index is -4.16. The molecule has 0 spiro atoms. The van der Waals surface area contributed by atoms with Crippen molar-refractivity contribution < 1.29 is 26.4 Å². The minimum Gasteiger partial charge on any atom is -0.336 e. The number of hydrogen-bond acceptors (Lipinski definition) is 3. The number of halogens is 4. The fourth-order valence-electron chi connectivity index (χ4n) is 1.53. The highest BCUT2D eigenvalue weighted by atomic mass is 35.7. The summed E-state index contributed by atoms with van der Waals surface area (Å²) in [5.41, 5.74) is -0.743. The van der Waals surface area contributed by atoms with E-state index in [9.17, 15) is 26.4 Å². The summed E-state index contributed by atoms with van der Waals surface area (Å²) >= 11 is 0. The molecule has 0 heterocycles. The second kappa shape index (κ2) is 6.01. The van der Waals surface area contributed by atoms with Gasteiger partial charge in [-0.1, -0.05) is 0 Å². The summed E-state index contributed by atoms with van der Waals surface area (Å²) in [6.45, 7) is 0.347. The average Bonchev–Trinajstić information content (AvgIpc) is 2.29. The molecule has 0 saturated carbocycles. The molecule has 4 nitrogen and oxygen atoms in total. The fourth-order valence-corrected chi connectivity index (χ4v) is 2.37. The third kappa shape index (κ3) is 3.86. The van der Waals surface area contributed by atoms with Crippen molar-refractivity contribution in [1.82, 2.24) is 4.90 Å². The molecule has 0 saturated heterocycles. The molecule has 1 aromatic rings. The molecule has 20 heavy (non-hydrogen) atoms. The lowest BCUT2D eigenvalue weighted by Crippen LogP contribution is -2.32. The zero-order chi connectivity index (χ0) is 15.7. The molecular formula is C11H11ClF3NO3S. The lowest BCUT2D eigenvalue weighted by Gasteiger charge is -2.17. The summed E-state index contributed by atoms with van der Waals surface area (Å²) in [6, 6.07) is 1.69. The van der Waals surface area contributed by atoms with Crippen LogP contribution < -0.4 is 0 Å². The number of nitrogens with zero attached hydrogens (tertiary/aromatic N) is 1. The largest absolute Gasteiger partial charge is 0.336 e. The van der Waals surface area contributed by atoms with E-state index in [1.165, 1.54) is 6.92 Å². The monoisotopic (exact) mass is 329 g/mol. The number of benzene rings is 1. The maximum absolute atomic E-state index is 13.8. The molecule has 9 heteroatoms. The van der Waals surface area contributed by atoms with Gasteiger partial charge < -0.3 is 4.90 Å². The topological polar surface area (TPSA) is 54.5 Å². The van der Waals surface area contributed by atoms with Crippen molar-refractivity contribution >= 4 is 25.6 Å². The standard InChI is InChI=1S/C11H11ClF3NO3S/c1-6-3-7(20(12,18)19)4-8(10(6)15)11(17)16(2)5-9(13)14/h3-4,9H,5H2,1-2H3. The molecule has 112 valence electrons. The fraction of sp³-hybridized carbons (Fsp3) is 0.364. The molecule has 0 aliphatic rings. The Morgan fingerprint density at radius 2 is 1.95 bits per heavy atom. The summed E-state index contributed by atoms with van der Waals surface area (Å²) < 4.78 is 60.7. The van der Waals surface area contributed by atoms with Gasteiger partial charge in [-0.05, 0) is 24.6 Å². The zero-order valence-electron chi connectivity index (χ0n) is 10.5.